The molecule has 190 valence electrons. The normalized spacial score (nSPS) is 12.8. The predicted octanol–water partition coefficient (Wildman–Crippen LogP) is 6.85. The average Bonchev–Trinajstić information content (AvgIpc) is 2.84. The Morgan fingerprint density at radius 1 is 1.06 bits per heavy atom. The summed E-state index contributed by atoms with van der Waals surface area (Å²) in [7, 11) is -3.96. The van der Waals surface area contributed by atoms with Crippen molar-refractivity contribution in [1.29, 1.82) is 0 Å². The van der Waals surface area contributed by atoms with Gasteiger partial charge in [-0.05, 0) is 66.1 Å². The van der Waals surface area contributed by atoms with E-state index in [9.17, 15) is 4.57 Å². The minimum atomic E-state index is -3.96. The van der Waals surface area contributed by atoms with Crippen LogP contribution in [0.2, 0.25) is 0 Å². The van der Waals surface area contributed by atoms with Crippen molar-refractivity contribution in [3.63, 3.8) is 0 Å². The number of nitrogens with one attached hydrogen (secondary N) is 1. The van der Waals surface area contributed by atoms with Gasteiger partial charge in [0, 0.05) is 18.1 Å². The van der Waals surface area contributed by atoms with Crippen molar-refractivity contribution in [2.45, 2.75) is 65.3 Å². The fourth-order valence-corrected chi connectivity index (χ4v) is 5.15. The van der Waals surface area contributed by atoms with Crippen LogP contribution in [0.5, 0.6) is 0 Å². The first-order chi connectivity index (χ1) is 16.8. The van der Waals surface area contributed by atoms with E-state index in [4.69, 9.17) is 9.79 Å². The van der Waals surface area contributed by atoms with Gasteiger partial charge >= 0.3 is 7.60 Å². The third-order valence-corrected chi connectivity index (χ3v) is 7.60. The summed E-state index contributed by atoms with van der Waals surface area (Å²) in [6.45, 7) is 5.48. The highest BCUT2D eigenvalue weighted by atomic mass is 31.2. The molecule has 0 spiro atoms. The number of benzene rings is 2. The summed E-state index contributed by atoms with van der Waals surface area (Å²) in [5, 5.41) is 4.20. The van der Waals surface area contributed by atoms with Gasteiger partial charge in [0.15, 0.2) is 0 Å². The van der Waals surface area contributed by atoms with Gasteiger partial charge in [-0.3, -0.25) is 9.55 Å². The van der Waals surface area contributed by atoms with Gasteiger partial charge in [-0.2, -0.15) is 0 Å². The Balaban J connectivity index is 1.73. The lowest BCUT2D eigenvalue weighted by Gasteiger charge is -2.15. The fourth-order valence-electron chi connectivity index (χ4n) is 4.58. The Bertz CT molecular complexity index is 1150. The maximum Gasteiger partial charge on any atom is 0.325 e. The molecule has 5 nitrogen and oxygen atoms in total. The molecule has 1 atom stereocenters. The number of rotatable bonds is 14. The molecule has 1 unspecified atom stereocenters. The standard InChI is InChI=1S/C28H38FN2O3P/c1-3-5-8-21(4-2)10-11-22-12-13-23(19-27(22)29)25-15-14-24(28-26(25)9-6-17-31-28)20-30-16-7-18-35(32,33)34/h6,9,12-15,17,19,21,30H,3-5,7-8,10-11,16,18,20H2,1-2H3,(H2,32,33,34). The molecule has 0 saturated carbocycles. The molecular weight excluding hydrogens is 462 g/mol. The molecule has 0 amide bonds. The van der Waals surface area contributed by atoms with Gasteiger partial charge in [-0.25, -0.2) is 4.39 Å². The molecule has 3 rings (SSSR count). The molecule has 35 heavy (non-hydrogen) atoms. The molecule has 0 bridgehead atoms. The van der Waals surface area contributed by atoms with E-state index in [1.54, 1.807) is 12.3 Å². The van der Waals surface area contributed by atoms with E-state index < -0.39 is 7.60 Å². The molecule has 0 aliphatic carbocycles. The summed E-state index contributed by atoms with van der Waals surface area (Å²) in [6.07, 6.45) is 8.61. The highest BCUT2D eigenvalue weighted by Gasteiger charge is 2.14. The van der Waals surface area contributed by atoms with Crippen LogP contribution in [0.15, 0.2) is 48.7 Å². The molecule has 2 aromatic carbocycles. The first-order valence-electron chi connectivity index (χ1n) is 12.7. The molecule has 0 aliphatic rings. The summed E-state index contributed by atoms with van der Waals surface area (Å²) < 4.78 is 26.1. The Labute approximate surface area is 208 Å². The average molecular weight is 501 g/mol. The lowest BCUT2D eigenvalue weighted by atomic mass is 9.91. The van der Waals surface area contributed by atoms with Gasteiger partial charge in [0.05, 0.1) is 11.7 Å². The van der Waals surface area contributed by atoms with Crippen molar-refractivity contribution in [1.82, 2.24) is 10.3 Å². The SMILES string of the molecule is CCCCC(CC)CCc1ccc(-c2ccc(CNCCCP(=O)(O)O)c3ncccc23)cc1F. The first kappa shape index (κ1) is 27.5. The molecule has 0 radical (unpaired) electrons. The van der Waals surface area contributed by atoms with Gasteiger partial charge in [0.25, 0.3) is 0 Å². The zero-order chi connectivity index (χ0) is 25.3. The maximum absolute atomic E-state index is 15.1. The summed E-state index contributed by atoms with van der Waals surface area (Å²) in [4.78, 5) is 22.6. The molecule has 0 saturated heterocycles. The summed E-state index contributed by atoms with van der Waals surface area (Å²) in [6, 6.07) is 13.5. The molecule has 7 heteroatoms. The quantitative estimate of drug-likeness (QED) is 0.167. The second-order valence-corrected chi connectivity index (χ2v) is 11.1. The molecular formula is C28H38FN2O3P. The van der Waals surface area contributed by atoms with Crippen LogP contribution >= 0.6 is 7.60 Å². The minimum Gasteiger partial charge on any atom is -0.324 e. The van der Waals surface area contributed by atoms with Crippen LogP contribution in [0.25, 0.3) is 22.0 Å². The third kappa shape index (κ3) is 8.22. The van der Waals surface area contributed by atoms with E-state index in [0.29, 0.717) is 25.4 Å². The van der Waals surface area contributed by atoms with Crippen LogP contribution in [0, 0.1) is 11.7 Å². The second kappa shape index (κ2) is 13.3. The van der Waals surface area contributed by atoms with Crippen molar-refractivity contribution in [2.24, 2.45) is 5.92 Å². The van der Waals surface area contributed by atoms with Crippen molar-refractivity contribution in [2.75, 3.05) is 12.7 Å². The van der Waals surface area contributed by atoms with Crippen LogP contribution in [-0.2, 0) is 17.5 Å². The zero-order valence-corrected chi connectivity index (χ0v) is 21.7. The Kier molecular flexibility index (Phi) is 10.4. The van der Waals surface area contributed by atoms with E-state index in [1.807, 2.05) is 36.4 Å². The van der Waals surface area contributed by atoms with Crippen molar-refractivity contribution in [3.8, 4) is 11.1 Å². The number of hydrogen-bond donors (Lipinski definition) is 3. The number of fused-ring (bicyclic) bond motifs is 1. The molecule has 1 heterocycles. The smallest absolute Gasteiger partial charge is 0.324 e. The first-order valence-corrected chi connectivity index (χ1v) is 14.5. The third-order valence-electron chi connectivity index (χ3n) is 6.70. The number of aromatic nitrogens is 1. The van der Waals surface area contributed by atoms with E-state index in [2.05, 4.69) is 24.1 Å². The predicted molar refractivity (Wildman–Crippen MR) is 142 cm³/mol. The van der Waals surface area contributed by atoms with Gasteiger partial charge < -0.3 is 15.1 Å². The molecule has 3 N–H and O–H groups in total. The van der Waals surface area contributed by atoms with E-state index in [1.165, 1.54) is 19.3 Å². The fraction of sp³-hybridized carbons (Fsp3) is 0.464. The molecule has 0 aliphatic heterocycles. The van der Waals surface area contributed by atoms with Crippen LogP contribution in [-0.4, -0.2) is 27.5 Å². The van der Waals surface area contributed by atoms with E-state index in [-0.39, 0.29) is 12.0 Å². The Hall–Kier alpha value is -2.11. The monoisotopic (exact) mass is 500 g/mol. The van der Waals surface area contributed by atoms with Crippen molar-refractivity contribution in [3.05, 3.63) is 65.6 Å². The lowest BCUT2D eigenvalue weighted by Crippen LogP contribution is -2.16. The van der Waals surface area contributed by atoms with Crippen LogP contribution < -0.4 is 5.32 Å². The summed E-state index contributed by atoms with van der Waals surface area (Å²) >= 11 is 0. The largest absolute Gasteiger partial charge is 0.325 e. The van der Waals surface area contributed by atoms with E-state index in [0.717, 1.165) is 52.4 Å². The summed E-state index contributed by atoms with van der Waals surface area (Å²) in [5.41, 5.74) is 4.40. The Morgan fingerprint density at radius 2 is 1.86 bits per heavy atom. The minimum absolute atomic E-state index is 0.128. The van der Waals surface area contributed by atoms with Gasteiger partial charge in [0.1, 0.15) is 5.82 Å². The highest BCUT2D eigenvalue weighted by Crippen LogP contribution is 2.35. The number of hydrogen-bond acceptors (Lipinski definition) is 3. The number of unbranched alkanes of at least 4 members (excludes halogenated alkanes) is 1. The number of pyridine rings is 1. The summed E-state index contributed by atoms with van der Waals surface area (Å²) in [5.74, 6) is 0.502. The second-order valence-electron chi connectivity index (χ2n) is 9.35. The number of nitrogens with zero attached hydrogens (tertiary/aromatic N) is 1. The number of aryl methyl sites for hydroxylation is 1. The zero-order valence-electron chi connectivity index (χ0n) is 20.8. The maximum atomic E-state index is 15.1. The van der Waals surface area contributed by atoms with Gasteiger partial charge in [-0.1, -0.05) is 69.9 Å². The van der Waals surface area contributed by atoms with Gasteiger partial charge in [-0.15, -0.1) is 0 Å². The van der Waals surface area contributed by atoms with Crippen LogP contribution in [0.3, 0.4) is 0 Å². The number of halogens is 1. The van der Waals surface area contributed by atoms with E-state index >= 15 is 4.39 Å². The van der Waals surface area contributed by atoms with Crippen LogP contribution in [0.1, 0.15) is 63.5 Å². The topological polar surface area (TPSA) is 82.5 Å². The molecule has 3 aromatic rings. The van der Waals surface area contributed by atoms with Crippen molar-refractivity contribution < 1.29 is 18.7 Å². The van der Waals surface area contributed by atoms with Gasteiger partial charge in [0.2, 0.25) is 0 Å². The van der Waals surface area contributed by atoms with Crippen LogP contribution in [0.4, 0.5) is 4.39 Å². The molecule has 1 aromatic heterocycles. The molecule has 0 fully saturated rings. The van der Waals surface area contributed by atoms with Crippen molar-refractivity contribution >= 4 is 18.5 Å². The highest BCUT2D eigenvalue weighted by molar-refractivity contribution is 7.51. The Morgan fingerprint density at radius 3 is 2.57 bits per heavy atom. The lowest BCUT2D eigenvalue weighted by molar-refractivity contribution is 0.371.